The highest BCUT2D eigenvalue weighted by Crippen LogP contribution is 2.44. The summed E-state index contributed by atoms with van der Waals surface area (Å²) in [5.74, 6) is -1.38. The molecular formula is C26H30N2O7. The highest BCUT2D eigenvalue weighted by molar-refractivity contribution is 5.81. The molecule has 1 aliphatic carbocycles. The Morgan fingerprint density at radius 2 is 1.66 bits per heavy atom. The van der Waals surface area contributed by atoms with Gasteiger partial charge in [0.1, 0.15) is 12.7 Å². The average molecular weight is 483 g/mol. The maximum absolute atomic E-state index is 12.4. The number of aliphatic carboxylic acids is 1. The number of carboxylic acid groups (broad SMARTS) is 1. The molecule has 0 radical (unpaired) electrons. The average Bonchev–Trinajstić information content (AvgIpc) is 3.46. The van der Waals surface area contributed by atoms with Crippen molar-refractivity contribution in [3.63, 3.8) is 0 Å². The normalized spacial score (nSPS) is 18.5. The van der Waals surface area contributed by atoms with Crippen molar-refractivity contribution in [2.24, 2.45) is 5.92 Å². The van der Waals surface area contributed by atoms with Crippen molar-refractivity contribution in [3.05, 3.63) is 59.7 Å². The third kappa shape index (κ3) is 6.17. The minimum atomic E-state index is -0.930. The summed E-state index contributed by atoms with van der Waals surface area (Å²) in [6, 6.07) is 16.3. The summed E-state index contributed by atoms with van der Waals surface area (Å²) in [5, 5.41) is 14.1. The van der Waals surface area contributed by atoms with Gasteiger partial charge < -0.3 is 30.0 Å². The van der Waals surface area contributed by atoms with Crippen LogP contribution in [0.25, 0.3) is 11.1 Å². The minimum Gasteiger partial charge on any atom is -0.481 e. The number of rotatable bonds is 11. The molecule has 1 aliphatic heterocycles. The lowest BCUT2D eigenvalue weighted by Gasteiger charge is -2.19. The van der Waals surface area contributed by atoms with E-state index in [9.17, 15) is 14.4 Å². The third-order valence-corrected chi connectivity index (χ3v) is 6.33. The molecule has 1 fully saturated rings. The van der Waals surface area contributed by atoms with Crippen molar-refractivity contribution >= 4 is 18.0 Å². The molecule has 2 atom stereocenters. The second kappa shape index (κ2) is 11.8. The maximum atomic E-state index is 12.4. The molecule has 186 valence electrons. The molecule has 2 aromatic carbocycles. The van der Waals surface area contributed by atoms with Crippen LogP contribution < -0.4 is 10.6 Å². The number of amides is 2. The van der Waals surface area contributed by atoms with E-state index in [1.807, 2.05) is 24.3 Å². The Labute approximate surface area is 203 Å². The van der Waals surface area contributed by atoms with E-state index >= 15 is 0 Å². The first kappa shape index (κ1) is 24.7. The molecule has 2 amide bonds. The van der Waals surface area contributed by atoms with Crippen molar-refractivity contribution in [1.82, 2.24) is 10.6 Å². The second-order valence-electron chi connectivity index (χ2n) is 8.59. The smallest absolute Gasteiger partial charge is 0.407 e. The van der Waals surface area contributed by atoms with Crippen molar-refractivity contribution in [2.75, 3.05) is 39.5 Å². The van der Waals surface area contributed by atoms with Crippen LogP contribution in [0.5, 0.6) is 0 Å². The van der Waals surface area contributed by atoms with Crippen LogP contribution in [0.15, 0.2) is 48.5 Å². The molecule has 9 nitrogen and oxygen atoms in total. The van der Waals surface area contributed by atoms with Crippen molar-refractivity contribution in [2.45, 2.75) is 24.9 Å². The molecule has 35 heavy (non-hydrogen) atoms. The molecular weight excluding hydrogens is 452 g/mol. The van der Waals surface area contributed by atoms with Gasteiger partial charge in [-0.3, -0.25) is 9.59 Å². The molecule has 3 N–H and O–H groups in total. The van der Waals surface area contributed by atoms with E-state index < -0.39 is 18.2 Å². The number of fused-ring (bicyclic) bond motifs is 3. The number of alkyl carbamates (subject to hydrolysis) is 1. The molecule has 1 heterocycles. The number of hydrogen-bond acceptors (Lipinski definition) is 6. The van der Waals surface area contributed by atoms with E-state index in [1.54, 1.807) is 0 Å². The van der Waals surface area contributed by atoms with E-state index in [0.717, 1.165) is 11.1 Å². The van der Waals surface area contributed by atoms with Gasteiger partial charge in [0.05, 0.1) is 19.6 Å². The fourth-order valence-electron chi connectivity index (χ4n) is 4.61. The topological polar surface area (TPSA) is 123 Å². The molecule has 2 aromatic rings. The number of carbonyl (C=O) groups excluding carboxylic acids is 2. The Morgan fingerprint density at radius 3 is 2.34 bits per heavy atom. The number of nitrogens with one attached hydrogen (secondary N) is 2. The summed E-state index contributed by atoms with van der Waals surface area (Å²) in [6.07, 6.45) is -0.618. The van der Waals surface area contributed by atoms with Crippen LogP contribution in [0.3, 0.4) is 0 Å². The summed E-state index contributed by atoms with van der Waals surface area (Å²) >= 11 is 0. The lowest BCUT2D eigenvalue weighted by atomic mass is 9.98. The molecule has 4 rings (SSSR count). The van der Waals surface area contributed by atoms with Gasteiger partial charge in [0.25, 0.3) is 0 Å². The summed E-state index contributed by atoms with van der Waals surface area (Å²) in [4.78, 5) is 35.4. The predicted octanol–water partition coefficient (Wildman–Crippen LogP) is 2.54. The quantitative estimate of drug-likeness (QED) is 0.421. The van der Waals surface area contributed by atoms with Gasteiger partial charge >= 0.3 is 12.1 Å². The Bertz CT molecular complexity index is 1010. The Hall–Kier alpha value is -3.43. The predicted molar refractivity (Wildman–Crippen MR) is 127 cm³/mol. The zero-order chi connectivity index (χ0) is 24.6. The molecule has 1 saturated heterocycles. The van der Waals surface area contributed by atoms with E-state index in [4.69, 9.17) is 19.3 Å². The minimum absolute atomic E-state index is 0.0146. The van der Waals surface area contributed by atoms with Gasteiger partial charge in [0.2, 0.25) is 5.91 Å². The van der Waals surface area contributed by atoms with Crippen LogP contribution in [0, 0.1) is 5.92 Å². The van der Waals surface area contributed by atoms with Crippen molar-refractivity contribution in [1.29, 1.82) is 0 Å². The first-order valence-electron chi connectivity index (χ1n) is 11.8. The van der Waals surface area contributed by atoms with Crippen LogP contribution in [0.4, 0.5) is 4.79 Å². The lowest BCUT2D eigenvalue weighted by molar-refractivity contribution is -0.138. The van der Waals surface area contributed by atoms with Gasteiger partial charge in [-0.05, 0) is 28.7 Å². The number of carbonyl (C=O) groups is 3. The fraction of sp³-hybridized carbons (Fsp3) is 0.423. The van der Waals surface area contributed by atoms with Crippen LogP contribution in [0.2, 0.25) is 0 Å². The highest BCUT2D eigenvalue weighted by Gasteiger charge is 2.34. The fourth-order valence-corrected chi connectivity index (χ4v) is 4.61. The van der Waals surface area contributed by atoms with Gasteiger partial charge in [-0.25, -0.2) is 4.79 Å². The van der Waals surface area contributed by atoms with Gasteiger partial charge in [-0.15, -0.1) is 0 Å². The summed E-state index contributed by atoms with van der Waals surface area (Å²) in [5.41, 5.74) is 4.63. The van der Waals surface area contributed by atoms with E-state index in [-0.39, 0.29) is 57.1 Å². The van der Waals surface area contributed by atoms with E-state index in [0.29, 0.717) is 13.0 Å². The van der Waals surface area contributed by atoms with Crippen LogP contribution in [-0.2, 0) is 23.8 Å². The maximum Gasteiger partial charge on any atom is 0.407 e. The van der Waals surface area contributed by atoms with Crippen LogP contribution in [0.1, 0.15) is 29.9 Å². The second-order valence-corrected chi connectivity index (χ2v) is 8.59. The highest BCUT2D eigenvalue weighted by atomic mass is 16.5. The van der Waals surface area contributed by atoms with Crippen molar-refractivity contribution < 1.29 is 33.7 Å². The summed E-state index contributed by atoms with van der Waals surface area (Å²) in [7, 11) is 0. The number of hydrogen-bond donors (Lipinski definition) is 3. The Morgan fingerprint density at radius 1 is 0.971 bits per heavy atom. The molecule has 9 heteroatoms. The molecule has 0 saturated carbocycles. The zero-order valence-electron chi connectivity index (χ0n) is 19.4. The summed E-state index contributed by atoms with van der Waals surface area (Å²) < 4.78 is 16.3. The number of benzene rings is 2. The first-order valence-corrected chi connectivity index (χ1v) is 11.8. The summed E-state index contributed by atoms with van der Waals surface area (Å²) in [6.45, 7) is 1.50. The monoisotopic (exact) mass is 482 g/mol. The Balaban J connectivity index is 1.21. The van der Waals surface area contributed by atoms with Gasteiger partial charge in [0, 0.05) is 31.5 Å². The zero-order valence-corrected chi connectivity index (χ0v) is 19.4. The SMILES string of the molecule is O=C(O)CCOCCNC(=O)[C@H]1OCC[C@H]1CNC(=O)OCC1c2ccccc2-c2ccccc21. The van der Waals surface area contributed by atoms with E-state index in [1.165, 1.54) is 11.1 Å². The standard InChI is InChI=1S/C26H30N2O7/c29-23(30)10-12-33-14-11-27-25(31)24-17(9-13-34-24)15-28-26(32)35-16-22-20-7-3-1-5-18(20)19-6-2-4-8-21(19)22/h1-8,17,22,24H,9-16H2,(H,27,31)(H,28,32)(H,29,30)/t17-,24-/m0/s1. The molecule has 0 aromatic heterocycles. The molecule has 0 bridgehead atoms. The lowest BCUT2D eigenvalue weighted by Crippen LogP contribution is -2.43. The van der Waals surface area contributed by atoms with Gasteiger partial charge in [-0.2, -0.15) is 0 Å². The van der Waals surface area contributed by atoms with Crippen molar-refractivity contribution in [3.8, 4) is 11.1 Å². The molecule has 0 unspecified atom stereocenters. The van der Waals surface area contributed by atoms with Crippen LogP contribution in [-0.4, -0.2) is 68.7 Å². The largest absolute Gasteiger partial charge is 0.481 e. The van der Waals surface area contributed by atoms with Gasteiger partial charge in [-0.1, -0.05) is 48.5 Å². The number of carboxylic acids is 1. The Kier molecular flexibility index (Phi) is 8.33. The number of ether oxygens (including phenoxy) is 3. The molecule has 2 aliphatic rings. The van der Waals surface area contributed by atoms with E-state index in [2.05, 4.69) is 34.9 Å². The molecule has 0 spiro atoms. The third-order valence-electron chi connectivity index (χ3n) is 6.33. The van der Waals surface area contributed by atoms with Gasteiger partial charge in [0.15, 0.2) is 0 Å². The van der Waals surface area contributed by atoms with Crippen LogP contribution >= 0.6 is 0 Å². The first-order chi connectivity index (χ1) is 17.0.